The topological polar surface area (TPSA) is 43.1 Å². The fourth-order valence-corrected chi connectivity index (χ4v) is 3.79. The summed E-state index contributed by atoms with van der Waals surface area (Å²) in [6, 6.07) is 16.2. The van der Waals surface area contributed by atoms with E-state index >= 15 is 0 Å². The quantitative estimate of drug-likeness (QED) is 0.765. The maximum absolute atomic E-state index is 11.3. The Kier molecular flexibility index (Phi) is 5.68. The summed E-state index contributed by atoms with van der Waals surface area (Å²) in [6.45, 7) is 0. The van der Waals surface area contributed by atoms with Gasteiger partial charge in [0, 0.05) is 5.56 Å². The first-order valence-electron chi connectivity index (χ1n) is 9.21. The first-order valence-corrected chi connectivity index (χ1v) is 9.21. The fourth-order valence-electron chi connectivity index (χ4n) is 3.79. The summed E-state index contributed by atoms with van der Waals surface area (Å²) in [5.74, 6) is 0.589. The van der Waals surface area contributed by atoms with E-state index in [0.717, 1.165) is 23.5 Å². The summed E-state index contributed by atoms with van der Waals surface area (Å²) < 4.78 is 0. The van der Waals surface area contributed by atoms with E-state index in [1.807, 2.05) is 18.2 Å². The summed E-state index contributed by atoms with van der Waals surface area (Å²) in [7, 11) is 0. The lowest BCUT2D eigenvalue weighted by atomic mass is 9.85. The molecular weight excluding hydrogens is 294 g/mol. The highest BCUT2D eigenvalue weighted by molar-refractivity contribution is 5.94. The van der Waals surface area contributed by atoms with Gasteiger partial charge in [-0.3, -0.25) is 4.79 Å². The number of carbonyl (C=O) groups is 1. The second-order valence-corrected chi connectivity index (χ2v) is 7.04. The van der Waals surface area contributed by atoms with Gasteiger partial charge in [0.05, 0.1) is 0 Å². The number of aryl methyl sites for hydroxylation is 1. The molecule has 2 nitrogen and oxygen atoms in total. The molecule has 24 heavy (non-hydrogen) atoms. The lowest BCUT2D eigenvalue weighted by molar-refractivity contribution is 0.100. The summed E-state index contributed by atoms with van der Waals surface area (Å²) >= 11 is 0. The van der Waals surface area contributed by atoms with Gasteiger partial charge in [-0.05, 0) is 47.6 Å². The Bertz CT molecular complexity index is 669. The molecule has 2 aromatic carbocycles. The number of hydrogen-bond donors (Lipinski definition) is 1. The third kappa shape index (κ3) is 4.47. The van der Waals surface area contributed by atoms with E-state index in [9.17, 15) is 4.79 Å². The van der Waals surface area contributed by atoms with E-state index in [4.69, 9.17) is 5.73 Å². The van der Waals surface area contributed by atoms with Crippen molar-refractivity contribution < 1.29 is 4.79 Å². The molecule has 1 aliphatic rings. The zero-order chi connectivity index (χ0) is 16.8. The van der Waals surface area contributed by atoms with Gasteiger partial charge in [0.2, 0.25) is 5.91 Å². The van der Waals surface area contributed by atoms with Gasteiger partial charge in [-0.15, -0.1) is 0 Å². The van der Waals surface area contributed by atoms with Crippen molar-refractivity contribution in [2.45, 2.75) is 51.4 Å². The Labute approximate surface area is 145 Å². The molecule has 0 unspecified atom stereocenters. The van der Waals surface area contributed by atoms with Gasteiger partial charge in [0.1, 0.15) is 0 Å². The van der Waals surface area contributed by atoms with Gasteiger partial charge in [0.15, 0.2) is 0 Å². The van der Waals surface area contributed by atoms with Crippen LogP contribution < -0.4 is 5.73 Å². The van der Waals surface area contributed by atoms with Crippen LogP contribution in [0.15, 0.2) is 48.5 Å². The van der Waals surface area contributed by atoms with Crippen molar-refractivity contribution in [1.82, 2.24) is 0 Å². The minimum absolute atomic E-state index is 0.379. The van der Waals surface area contributed by atoms with Crippen LogP contribution in [0.5, 0.6) is 0 Å². The molecular formula is C22H27NO. The van der Waals surface area contributed by atoms with E-state index in [1.165, 1.54) is 50.5 Å². The van der Waals surface area contributed by atoms with Crippen LogP contribution in [0.4, 0.5) is 0 Å². The van der Waals surface area contributed by atoms with Gasteiger partial charge in [-0.25, -0.2) is 0 Å². The Morgan fingerprint density at radius 1 is 0.958 bits per heavy atom. The lowest BCUT2D eigenvalue weighted by Crippen LogP contribution is -2.10. The maximum Gasteiger partial charge on any atom is 0.248 e. The molecule has 1 amide bonds. The number of nitrogens with two attached hydrogens (primary N) is 1. The number of amides is 1. The standard InChI is InChI=1S/C22H27NO/c23-22(24)21-11-5-10-20(16-21)19-14-12-18(13-15-19)9-4-8-17-6-2-1-3-7-17/h5,10-17H,1-4,6-9H2,(H2,23,24). The molecule has 0 heterocycles. The zero-order valence-corrected chi connectivity index (χ0v) is 14.3. The Hall–Kier alpha value is -2.09. The lowest BCUT2D eigenvalue weighted by Gasteiger charge is -2.21. The molecule has 0 saturated heterocycles. The predicted molar refractivity (Wildman–Crippen MR) is 99.9 cm³/mol. The second kappa shape index (κ2) is 8.14. The van der Waals surface area contributed by atoms with Crippen LogP contribution in [0, 0.1) is 5.92 Å². The smallest absolute Gasteiger partial charge is 0.248 e. The van der Waals surface area contributed by atoms with Crippen LogP contribution in [-0.2, 0) is 6.42 Å². The van der Waals surface area contributed by atoms with E-state index in [1.54, 1.807) is 6.07 Å². The molecule has 0 spiro atoms. The van der Waals surface area contributed by atoms with Crippen molar-refractivity contribution >= 4 is 5.91 Å². The van der Waals surface area contributed by atoms with E-state index in [0.29, 0.717) is 5.56 Å². The summed E-state index contributed by atoms with van der Waals surface area (Å²) in [5, 5.41) is 0. The van der Waals surface area contributed by atoms with Crippen molar-refractivity contribution in [1.29, 1.82) is 0 Å². The molecule has 2 heteroatoms. The normalized spacial score (nSPS) is 15.3. The number of hydrogen-bond acceptors (Lipinski definition) is 1. The maximum atomic E-state index is 11.3. The van der Waals surface area contributed by atoms with Gasteiger partial charge in [0.25, 0.3) is 0 Å². The van der Waals surface area contributed by atoms with E-state index < -0.39 is 0 Å². The first kappa shape index (κ1) is 16.8. The zero-order valence-electron chi connectivity index (χ0n) is 14.3. The molecule has 0 aromatic heterocycles. The molecule has 0 bridgehead atoms. The Balaban J connectivity index is 1.57. The average molecular weight is 321 g/mol. The molecule has 2 aromatic rings. The third-order valence-corrected chi connectivity index (χ3v) is 5.24. The molecule has 0 atom stereocenters. The van der Waals surface area contributed by atoms with Crippen LogP contribution in [0.25, 0.3) is 11.1 Å². The van der Waals surface area contributed by atoms with Gasteiger partial charge < -0.3 is 5.73 Å². The molecule has 1 saturated carbocycles. The molecule has 1 aliphatic carbocycles. The summed E-state index contributed by atoms with van der Waals surface area (Å²) in [5.41, 5.74) is 9.50. The fraction of sp³-hybridized carbons (Fsp3) is 0.409. The highest BCUT2D eigenvalue weighted by atomic mass is 16.1. The number of carbonyl (C=O) groups excluding carboxylic acids is 1. The minimum atomic E-state index is -0.379. The van der Waals surface area contributed by atoms with Crippen LogP contribution >= 0.6 is 0 Å². The number of benzene rings is 2. The van der Waals surface area contributed by atoms with Gasteiger partial charge >= 0.3 is 0 Å². The summed E-state index contributed by atoms with van der Waals surface area (Å²) in [4.78, 5) is 11.3. The highest BCUT2D eigenvalue weighted by Gasteiger charge is 2.12. The molecule has 1 fully saturated rings. The van der Waals surface area contributed by atoms with Crippen LogP contribution in [0.2, 0.25) is 0 Å². The second-order valence-electron chi connectivity index (χ2n) is 7.04. The minimum Gasteiger partial charge on any atom is -0.366 e. The van der Waals surface area contributed by atoms with E-state index in [-0.39, 0.29) is 5.91 Å². The predicted octanol–water partition coefficient (Wildman–Crippen LogP) is 5.36. The molecule has 3 rings (SSSR count). The largest absolute Gasteiger partial charge is 0.366 e. The van der Waals surface area contributed by atoms with Crippen molar-refractivity contribution in [2.24, 2.45) is 11.7 Å². The third-order valence-electron chi connectivity index (χ3n) is 5.24. The van der Waals surface area contributed by atoms with E-state index in [2.05, 4.69) is 24.3 Å². The highest BCUT2D eigenvalue weighted by Crippen LogP contribution is 2.28. The van der Waals surface area contributed by atoms with Crippen molar-refractivity contribution in [2.75, 3.05) is 0 Å². The Morgan fingerprint density at radius 2 is 1.71 bits per heavy atom. The van der Waals surface area contributed by atoms with Gasteiger partial charge in [-0.1, -0.05) is 74.9 Å². The monoisotopic (exact) mass is 321 g/mol. The number of rotatable bonds is 6. The molecule has 2 N–H and O–H groups in total. The SMILES string of the molecule is NC(=O)c1cccc(-c2ccc(CCCC3CCCCC3)cc2)c1. The number of primary amides is 1. The van der Waals surface area contributed by atoms with Crippen molar-refractivity contribution in [3.63, 3.8) is 0 Å². The Morgan fingerprint density at radius 3 is 2.42 bits per heavy atom. The molecule has 0 aliphatic heterocycles. The molecule has 126 valence electrons. The van der Waals surface area contributed by atoms with Crippen LogP contribution in [0.3, 0.4) is 0 Å². The first-order chi connectivity index (χ1) is 11.7. The van der Waals surface area contributed by atoms with Crippen molar-refractivity contribution in [3.8, 4) is 11.1 Å². The van der Waals surface area contributed by atoms with Crippen LogP contribution in [0.1, 0.15) is 60.9 Å². The average Bonchev–Trinajstić information content (AvgIpc) is 2.63. The van der Waals surface area contributed by atoms with Crippen LogP contribution in [-0.4, -0.2) is 5.91 Å². The van der Waals surface area contributed by atoms with Gasteiger partial charge in [-0.2, -0.15) is 0 Å². The molecule has 0 radical (unpaired) electrons. The van der Waals surface area contributed by atoms with Crippen molar-refractivity contribution in [3.05, 3.63) is 59.7 Å². The summed E-state index contributed by atoms with van der Waals surface area (Å²) in [6.07, 6.45) is 11.0.